The number of nitrogens with one attached hydrogen (secondary N) is 1. The van der Waals surface area contributed by atoms with Crippen molar-refractivity contribution < 1.29 is 19.2 Å². The number of nitrogens with zero attached hydrogens (tertiary/aromatic N) is 5. The molecule has 2 aromatic heterocycles. The number of methoxy groups -OCH3 is 1. The van der Waals surface area contributed by atoms with Crippen molar-refractivity contribution in [3.8, 4) is 22.8 Å². The van der Waals surface area contributed by atoms with Gasteiger partial charge >= 0.3 is 6.09 Å². The summed E-state index contributed by atoms with van der Waals surface area (Å²) in [4.78, 5) is 30.6. The number of carbonyl (C=O) groups is 1. The van der Waals surface area contributed by atoms with Gasteiger partial charge in [-0.15, -0.1) is 5.10 Å². The van der Waals surface area contributed by atoms with Crippen molar-refractivity contribution in [2.24, 2.45) is 0 Å². The molecule has 0 saturated heterocycles. The van der Waals surface area contributed by atoms with Gasteiger partial charge in [-0.2, -0.15) is 9.50 Å². The molecule has 0 aliphatic rings. The minimum Gasteiger partial charge on any atom is -0.497 e. The van der Waals surface area contributed by atoms with Crippen LogP contribution in [0.2, 0.25) is 0 Å². The second kappa shape index (κ2) is 7.83. The Bertz CT molecular complexity index is 1220. The van der Waals surface area contributed by atoms with E-state index >= 15 is 0 Å². The van der Waals surface area contributed by atoms with E-state index in [1.54, 1.807) is 19.4 Å². The van der Waals surface area contributed by atoms with E-state index < -0.39 is 11.0 Å². The maximum Gasteiger partial charge on any atom is 0.419 e. The molecule has 0 aliphatic heterocycles. The molecule has 0 fully saturated rings. The predicted octanol–water partition coefficient (Wildman–Crippen LogP) is 3.32. The number of benzene rings is 2. The molecular weight excluding hydrogens is 392 g/mol. The first-order valence-electron chi connectivity index (χ1n) is 8.63. The third-order valence-electron chi connectivity index (χ3n) is 4.10. The van der Waals surface area contributed by atoms with E-state index in [2.05, 4.69) is 20.4 Å². The van der Waals surface area contributed by atoms with Crippen LogP contribution in [0.15, 0.2) is 60.8 Å². The zero-order valence-corrected chi connectivity index (χ0v) is 15.6. The summed E-state index contributed by atoms with van der Waals surface area (Å²) < 4.78 is 11.7. The number of carbonyl (C=O) groups excluding carboxylic acids is 1. The van der Waals surface area contributed by atoms with Gasteiger partial charge in [-0.05, 0) is 42.5 Å². The SMILES string of the molecule is COc1ccc(-c2ccnc3nc(NC(=O)Oc4ccc([N+](=O)[O-])cc4)nn23)cc1. The van der Waals surface area contributed by atoms with Crippen molar-refractivity contribution in [3.63, 3.8) is 0 Å². The van der Waals surface area contributed by atoms with Crippen molar-refractivity contribution in [2.75, 3.05) is 12.4 Å². The Hall–Kier alpha value is -4.54. The van der Waals surface area contributed by atoms with Crippen molar-refractivity contribution in [3.05, 3.63) is 70.9 Å². The summed E-state index contributed by atoms with van der Waals surface area (Å²) in [6, 6.07) is 14.2. The zero-order chi connectivity index (χ0) is 21.1. The standard InChI is InChI=1S/C19H14N6O5/c1-29-14-6-2-12(3-7-14)16-10-11-20-18-21-17(23-24(16)18)22-19(26)30-15-8-4-13(5-9-15)25(27)28/h2-11H,1H3,(H,22,23,26). The largest absolute Gasteiger partial charge is 0.497 e. The van der Waals surface area contributed by atoms with E-state index in [1.807, 2.05) is 24.3 Å². The number of non-ortho nitro benzene ring substituents is 1. The minimum absolute atomic E-state index is 0.00428. The number of ether oxygens (including phenoxy) is 2. The number of fused-ring (bicyclic) bond motifs is 1. The van der Waals surface area contributed by atoms with E-state index in [0.717, 1.165) is 11.3 Å². The summed E-state index contributed by atoms with van der Waals surface area (Å²) in [7, 11) is 1.59. The summed E-state index contributed by atoms with van der Waals surface area (Å²) in [6.45, 7) is 0. The van der Waals surface area contributed by atoms with E-state index in [0.29, 0.717) is 5.69 Å². The van der Waals surface area contributed by atoms with Gasteiger partial charge in [-0.1, -0.05) is 0 Å². The highest BCUT2D eigenvalue weighted by Gasteiger charge is 2.14. The number of aromatic nitrogens is 4. The third kappa shape index (κ3) is 3.85. The molecule has 30 heavy (non-hydrogen) atoms. The number of nitro groups is 1. The average Bonchev–Trinajstić information content (AvgIpc) is 3.16. The van der Waals surface area contributed by atoms with Crippen LogP contribution in [0.5, 0.6) is 11.5 Å². The third-order valence-corrected chi connectivity index (χ3v) is 4.10. The number of hydrogen-bond donors (Lipinski definition) is 1. The summed E-state index contributed by atoms with van der Waals surface area (Å²) in [5.74, 6) is 1.14. The molecule has 150 valence electrons. The molecule has 0 spiro atoms. The number of nitro benzene ring substituents is 1. The monoisotopic (exact) mass is 406 g/mol. The maximum atomic E-state index is 12.1. The van der Waals surface area contributed by atoms with Gasteiger partial charge in [0.05, 0.1) is 17.7 Å². The molecule has 0 unspecified atom stereocenters. The Labute approximate surface area is 169 Å². The van der Waals surface area contributed by atoms with Crippen molar-refractivity contribution in [1.29, 1.82) is 0 Å². The molecule has 1 amide bonds. The highest BCUT2D eigenvalue weighted by atomic mass is 16.6. The highest BCUT2D eigenvalue weighted by molar-refractivity contribution is 5.84. The molecule has 0 radical (unpaired) electrons. The molecule has 2 heterocycles. The van der Waals surface area contributed by atoms with Crippen LogP contribution < -0.4 is 14.8 Å². The van der Waals surface area contributed by atoms with Crippen molar-refractivity contribution in [2.45, 2.75) is 0 Å². The van der Waals surface area contributed by atoms with Gasteiger partial charge in [0, 0.05) is 23.9 Å². The zero-order valence-electron chi connectivity index (χ0n) is 15.6. The molecule has 0 atom stereocenters. The van der Waals surface area contributed by atoms with Gasteiger partial charge in [0.2, 0.25) is 0 Å². The normalized spacial score (nSPS) is 10.6. The molecule has 0 saturated carbocycles. The smallest absolute Gasteiger partial charge is 0.419 e. The van der Waals surface area contributed by atoms with E-state index in [1.165, 1.54) is 28.8 Å². The fourth-order valence-corrected chi connectivity index (χ4v) is 2.69. The Kier molecular flexibility index (Phi) is 4.91. The molecular formula is C19H14N6O5. The van der Waals surface area contributed by atoms with Gasteiger partial charge < -0.3 is 9.47 Å². The molecule has 1 N–H and O–H groups in total. The van der Waals surface area contributed by atoms with Crippen LogP contribution in [0.1, 0.15) is 0 Å². The van der Waals surface area contributed by atoms with Crippen LogP contribution in [-0.2, 0) is 0 Å². The number of anilines is 1. The van der Waals surface area contributed by atoms with Crippen molar-refractivity contribution >= 4 is 23.5 Å². The molecule has 2 aromatic carbocycles. The second-order valence-corrected chi connectivity index (χ2v) is 5.97. The Morgan fingerprint density at radius 1 is 1.07 bits per heavy atom. The summed E-state index contributed by atoms with van der Waals surface area (Å²) >= 11 is 0. The highest BCUT2D eigenvalue weighted by Crippen LogP contribution is 2.23. The van der Waals surface area contributed by atoms with Crippen molar-refractivity contribution in [1.82, 2.24) is 19.6 Å². The van der Waals surface area contributed by atoms with Gasteiger partial charge in [0.1, 0.15) is 11.5 Å². The predicted molar refractivity (Wildman–Crippen MR) is 106 cm³/mol. The first-order chi connectivity index (χ1) is 14.5. The maximum absolute atomic E-state index is 12.1. The van der Waals surface area contributed by atoms with Gasteiger partial charge in [0.25, 0.3) is 17.4 Å². The lowest BCUT2D eigenvalue weighted by Crippen LogP contribution is -2.17. The fourth-order valence-electron chi connectivity index (χ4n) is 2.69. The molecule has 4 aromatic rings. The molecule has 11 nitrogen and oxygen atoms in total. The summed E-state index contributed by atoms with van der Waals surface area (Å²) in [5, 5.41) is 17.4. The molecule has 0 bridgehead atoms. The van der Waals surface area contributed by atoms with Gasteiger partial charge in [-0.25, -0.2) is 9.78 Å². The second-order valence-electron chi connectivity index (χ2n) is 5.97. The van der Waals surface area contributed by atoms with Crippen LogP contribution >= 0.6 is 0 Å². The van der Waals surface area contributed by atoms with E-state index in [-0.39, 0.29) is 23.2 Å². The lowest BCUT2D eigenvalue weighted by molar-refractivity contribution is -0.384. The molecule has 11 heteroatoms. The number of amides is 1. The summed E-state index contributed by atoms with van der Waals surface area (Å²) in [6.07, 6.45) is 0.744. The summed E-state index contributed by atoms with van der Waals surface area (Å²) in [5.41, 5.74) is 1.46. The molecule has 4 rings (SSSR count). The van der Waals surface area contributed by atoms with Crippen LogP contribution in [0.25, 0.3) is 17.0 Å². The number of hydrogen-bond acceptors (Lipinski definition) is 8. The van der Waals surface area contributed by atoms with Gasteiger partial charge in [0.15, 0.2) is 0 Å². The lowest BCUT2D eigenvalue weighted by Gasteiger charge is -2.05. The first-order valence-corrected chi connectivity index (χ1v) is 8.63. The van der Waals surface area contributed by atoms with Crippen LogP contribution in [0, 0.1) is 10.1 Å². The Morgan fingerprint density at radius 3 is 2.43 bits per heavy atom. The average molecular weight is 406 g/mol. The molecule has 0 aliphatic carbocycles. The Balaban J connectivity index is 1.53. The minimum atomic E-state index is -0.842. The Morgan fingerprint density at radius 2 is 1.77 bits per heavy atom. The topological polar surface area (TPSA) is 134 Å². The van der Waals surface area contributed by atoms with E-state index in [9.17, 15) is 14.9 Å². The lowest BCUT2D eigenvalue weighted by atomic mass is 10.1. The fraction of sp³-hybridized carbons (Fsp3) is 0.0526. The van der Waals surface area contributed by atoms with Crippen LogP contribution in [0.4, 0.5) is 16.4 Å². The van der Waals surface area contributed by atoms with E-state index in [4.69, 9.17) is 9.47 Å². The quantitative estimate of drug-likeness (QED) is 0.394. The number of rotatable bonds is 5. The van der Waals surface area contributed by atoms with Crippen LogP contribution in [0.3, 0.4) is 0 Å². The first kappa shape index (κ1) is 18.8. The van der Waals surface area contributed by atoms with Gasteiger partial charge in [-0.3, -0.25) is 15.4 Å². The van der Waals surface area contributed by atoms with Crippen LogP contribution in [-0.4, -0.2) is 37.7 Å².